The van der Waals surface area contributed by atoms with Crippen molar-refractivity contribution in [2.24, 2.45) is 0 Å². The third kappa shape index (κ3) is 4.74. The Morgan fingerprint density at radius 1 is 1.23 bits per heavy atom. The highest BCUT2D eigenvalue weighted by Crippen LogP contribution is 2.18. The first-order chi connectivity index (χ1) is 14.2. The van der Waals surface area contributed by atoms with Crippen LogP contribution in [0.25, 0.3) is 6.08 Å². The summed E-state index contributed by atoms with van der Waals surface area (Å²) in [5, 5.41) is 15.1. The van der Waals surface area contributed by atoms with Crippen molar-refractivity contribution in [2.75, 3.05) is 14.1 Å². The highest BCUT2D eigenvalue weighted by molar-refractivity contribution is 6.12. The lowest BCUT2D eigenvalue weighted by molar-refractivity contribution is -0.148. The highest BCUT2D eigenvalue weighted by atomic mass is 16.5. The molecule has 3 N–H and O–H groups in total. The Morgan fingerprint density at radius 2 is 1.90 bits per heavy atom. The number of likely N-dealkylation sites (N-methyl/N-ethyl adjacent to an activating group) is 2. The van der Waals surface area contributed by atoms with Gasteiger partial charge in [0.15, 0.2) is 5.54 Å². The molecule has 0 aliphatic carbocycles. The summed E-state index contributed by atoms with van der Waals surface area (Å²) in [5.41, 5.74) is 1.06. The van der Waals surface area contributed by atoms with Crippen molar-refractivity contribution in [1.82, 2.24) is 20.9 Å². The van der Waals surface area contributed by atoms with Gasteiger partial charge in [0, 0.05) is 31.3 Å². The summed E-state index contributed by atoms with van der Waals surface area (Å²) in [6.45, 7) is 3.03. The number of hydroxylamine groups is 1. The predicted octanol–water partition coefficient (Wildman–Crippen LogP) is 1.13. The molecule has 2 rings (SSSR count). The van der Waals surface area contributed by atoms with Crippen LogP contribution in [0.5, 0.6) is 0 Å². The third-order valence-electron chi connectivity index (χ3n) is 4.52. The van der Waals surface area contributed by atoms with Crippen LogP contribution in [-0.2, 0) is 9.59 Å². The topological polar surface area (TPSA) is 125 Å². The minimum atomic E-state index is -1.94. The molecule has 2 aromatic rings. The monoisotopic (exact) mass is 410 g/mol. The van der Waals surface area contributed by atoms with E-state index >= 15 is 0 Å². The quantitative estimate of drug-likeness (QED) is 0.294. The lowest BCUT2D eigenvalue weighted by Gasteiger charge is -2.34. The number of carbonyl (C=O) groups is 3. The summed E-state index contributed by atoms with van der Waals surface area (Å²) in [6, 6.07) is 8.14. The van der Waals surface area contributed by atoms with Gasteiger partial charge in [0.2, 0.25) is 0 Å². The van der Waals surface area contributed by atoms with E-state index in [0.717, 1.165) is 4.90 Å². The van der Waals surface area contributed by atoms with Gasteiger partial charge in [-0.05, 0) is 50.3 Å². The number of nitrogens with zero attached hydrogens (tertiary/aromatic N) is 2. The van der Waals surface area contributed by atoms with Gasteiger partial charge in [0.25, 0.3) is 17.7 Å². The number of hydrogen-bond donors (Lipinski definition) is 3. The summed E-state index contributed by atoms with van der Waals surface area (Å²) in [7, 11) is 2.63. The molecule has 0 bridgehead atoms. The number of benzene rings is 1. The fraction of sp³-hybridized carbons (Fsp3) is 0.238. The van der Waals surface area contributed by atoms with Crippen molar-refractivity contribution in [3.63, 3.8) is 0 Å². The van der Waals surface area contributed by atoms with Crippen LogP contribution in [0.15, 0.2) is 40.9 Å². The first kappa shape index (κ1) is 22.4. The maximum atomic E-state index is 12.8. The molecule has 9 heteroatoms. The van der Waals surface area contributed by atoms with Crippen LogP contribution in [0.1, 0.15) is 34.3 Å². The van der Waals surface area contributed by atoms with E-state index in [0.29, 0.717) is 17.0 Å². The molecule has 1 aromatic heterocycles. The van der Waals surface area contributed by atoms with Gasteiger partial charge in [-0.2, -0.15) is 0 Å². The van der Waals surface area contributed by atoms with E-state index in [9.17, 15) is 14.4 Å². The Kier molecular flexibility index (Phi) is 7.12. The minimum absolute atomic E-state index is 0.248. The molecule has 9 nitrogen and oxygen atoms in total. The van der Waals surface area contributed by atoms with E-state index in [-0.39, 0.29) is 5.56 Å². The average molecular weight is 410 g/mol. The molecule has 0 radical (unpaired) electrons. The first-order valence-corrected chi connectivity index (χ1v) is 8.90. The van der Waals surface area contributed by atoms with E-state index in [2.05, 4.69) is 22.3 Å². The second-order valence-corrected chi connectivity index (χ2v) is 6.50. The predicted molar refractivity (Wildman–Crippen MR) is 108 cm³/mol. The number of aromatic nitrogens is 1. The van der Waals surface area contributed by atoms with Gasteiger partial charge in [-0.3, -0.25) is 19.6 Å². The van der Waals surface area contributed by atoms with Gasteiger partial charge in [-0.15, -0.1) is 0 Å². The van der Waals surface area contributed by atoms with Crippen LogP contribution >= 0.6 is 0 Å². The van der Waals surface area contributed by atoms with Gasteiger partial charge in [0.1, 0.15) is 11.5 Å². The molecule has 0 saturated heterocycles. The number of carbonyl (C=O) groups excluding carboxylic acids is 3. The molecule has 0 fully saturated rings. The number of allylic oxidation sites excluding steroid dienone is 1. The van der Waals surface area contributed by atoms with Gasteiger partial charge in [0.05, 0.1) is 0 Å². The summed E-state index contributed by atoms with van der Waals surface area (Å²) < 4.78 is 4.95. The largest absolute Gasteiger partial charge is 0.361 e. The normalized spacial score (nSPS) is 12.4. The van der Waals surface area contributed by atoms with E-state index in [1.54, 1.807) is 37.3 Å². The van der Waals surface area contributed by atoms with Crippen LogP contribution < -0.4 is 10.8 Å². The summed E-state index contributed by atoms with van der Waals surface area (Å²) in [6.07, 6.45) is 3.34. The smallest absolute Gasteiger partial charge is 0.278 e. The lowest BCUT2D eigenvalue weighted by Crippen LogP contribution is -2.64. The highest BCUT2D eigenvalue weighted by Gasteiger charge is 2.47. The van der Waals surface area contributed by atoms with E-state index in [1.807, 2.05) is 0 Å². The van der Waals surface area contributed by atoms with Crippen LogP contribution in [0, 0.1) is 18.8 Å². The number of rotatable bonds is 5. The van der Waals surface area contributed by atoms with Crippen LogP contribution in [0.3, 0.4) is 0 Å². The van der Waals surface area contributed by atoms with Crippen LogP contribution in [0.4, 0.5) is 0 Å². The van der Waals surface area contributed by atoms with Crippen LogP contribution in [-0.4, -0.2) is 52.6 Å². The molecule has 0 saturated carbocycles. The fourth-order valence-corrected chi connectivity index (χ4v) is 2.57. The Hall–Kier alpha value is -3.90. The van der Waals surface area contributed by atoms with E-state index in [4.69, 9.17) is 9.73 Å². The van der Waals surface area contributed by atoms with Gasteiger partial charge < -0.3 is 14.7 Å². The molecule has 0 unspecified atom stereocenters. The van der Waals surface area contributed by atoms with Crippen molar-refractivity contribution in [2.45, 2.75) is 19.4 Å². The standard InChI is InChI=1S/C21H22N4O5/c1-14-13-17(24-30-14)8-6-5-7-15-9-11-16(12-10-15)18(26)25(4)21(2,19(27)22-3)20(28)23-29/h6,8-13,29H,1-4H3,(H,22,27)(H,23,28)/b8-6+/t21-/m0/s1. The zero-order chi connectivity index (χ0) is 22.3. The molecule has 1 aromatic carbocycles. The molecular formula is C21H22N4O5. The molecular weight excluding hydrogens is 388 g/mol. The second-order valence-electron chi connectivity index (χ2n) is 6.50. The molecule has 3 amide bonds. The third-order valence-corrected chi connectivity index (χ3v) is 4.52. The Balaban J connectivity index is 2.16. The Labute approximate surface area is 173 Å². The molecule has 0 spiro atoms. The molecule has 156 valence electrons. The number of aryl methyl sites for hydroxylation is 1. The molecule has 0 aliphatic heterocycles. The second kappa shape index (κ2) is 9.54. The number of nitrogens with one attached hydrogen (secondary N) is 2. The van der Waals surface area contributed by atoms with Crippen molar-refractivity contribution < 1.29 is 24.1 Å². The van der Waals surface area contributed by atoms with Crippen molar-refractivity contribution >= 4 is 23.8 Å². The van der Waals surface area contributed by atoms with Gasteiger partial charge in [-0.1, -0.05) is 17.0 Å². The molecule has 1 atom stereocenters. The van der Waals surface area contributed by atoms with Gasteiger partial charge in [-0.25, -0.2) is 5.48 Å². The zero-order valence-electron chi connectivity index (χ0n) is 17.0. The minimum Gasteiger partial charge on any atom is -0.361 e. The molecule has 30 heavy (non-hydrogen) atoms. The van der Waals surface area contributed by atoms with E-state index in [1.165, 1.54) is 38.6 Å². The SMILES string of the molecule is CNC(=O)[C@@](C)(C(=O)NO)N(C)C(=O)c1ccc(C#C/C=C/c2cc(C)on2)cc1. The zero-order valence-corrected chi connectivity index (χ0v) is 17.0. The average Bonchev–Trinajstić information content (AvgIpc) is 3.19. The van der Waals surface area contributed by atoms with E-state index < -0.39 is 23.3 Å². The van der Waals surface area contributed by atoms with Gasteiger partial charge >= 0.3 is 0 Å². The molecule has 0 aliphatic rings. The Morgan fingerprint density at radius 3 is 2.43 bits per heavy atom. The summed E-state index contributed by atoms with van der Waals surface area (Å²) in [5.74, 6) is 4.13. The fourth-order valence-electron chi connectivity index (χ4n) is 2.57. The number of amides is 3. The lowest BCUT2D eigenvalue weighted by atomic mass is 9.96. The number of hydrogen-bond acceptors (Lipinski definition) is 6. The molecule has 1 heterocycles. The van der Waals surface area contributed by atoms with Crippen LogP contribution in [0.2, 0.25) is 0 Å². The Bertz CT molecular complexity index is 1010. The first-order valence-electron chi connectivity index (χ1n) is 8.90. The van der Waals surface area contributed by atoms with Crippen molar-refractivity contribution in [3.8, 4) is 11.8 Å². The van der Waals surface area contributed by atoms with Crippen molar-refractivity contribution in [3.05, 3.63) is 59.0 Å². The van der Waals surface area contributed by atoms with Crippen molar-refractivity contribution in [1.29, 1.82) is 0 Å². The summed E-state index contributed by atoms with van der Waals surface area (Å²) >= 11 is 0. The summed E-state index contributed by atoms with van der Waals surface area (Å²) in [4.78, 5) is 38.0. The maximum absolute atomic E-state index is 12.8. The maximum Gasteiger partial charge on any atom is 0.278 e.